The van der Waals surface area contributed by atoms with Crippen LogP contribution in [0.2, 0.25) is 10.0 Å². The Labute approximate surface area is 196 Å². The summed E-state index contributed by atoms with van der Waals surface area (Å²) < 4.78 is 0. The predicted octanol–water partition coefficient (Wildman–Crippen LogP) is 5.89. The first-order valence-electron chi connectivity index (χ1n) is 10.2. The third-order valence-electron chi connectivity index (χ3n) is 5.43. The van der Waals surface area contributed by atoms with Crippen LogP contribution in [0.5, 0.6) is 0 Å². The molecule has 0 bridgehead atoms. The van der Waals surface area contributed by atoms with Gasteiger partial charge in [-0.1, -0.05) is 65.7 Å². The molecule has 1 fully saturated rings. The van der Waals surface area contributed by atoms with Crippen LogP contribution < -0.4 is 10.7 Å². The van der Waals surface area contributed by atoms with E-state index in [4.69, 9.17) is 23.2 Å². The van der Waals surface area contributed by atoms with Crippen molar-refractivity contribution in [2.24, 2.45) is 11.0 Å². The molecule has 0 heterocycles. The summed E-state index contributed by atoms with van der Waals surface area (Å²) in [5.41, 5.74) is 6.33. The number of halogens is 2. The standard InChI is InChI=1S/C25H21Cl2N3O2/c1-15(29-30-25(32)22-14-21(22)17-5-3-2-4-6-17)16-7-10-19(11-8-16)28-24(31)20-12-9-18(26)13-23(20)27/h2-13,21-22H,14H2,1H3,(H,28,31)(H,30,32). The Kier molecular flexibility index (Phi) is 6.58. The van der Waals surface area contributed by atoms with Gasteiger partial charge in [0.25, 0.3) is 5.91 Å². The van der Waals surface area contributed by atoms with Gasteiger partial charge in [0.15, 0.2) is 0 Å². The van der Waals surface area contributed by atoms with Gasteiger partial charge in [-0.25, -0.2) is 5.43 Å². The largest absolute Gasteiger partial charge is 0.322 e. The van der Waals surface area contributed by atoms with Crippen molar-refractivity contribution in [3.63, 3.8) is 0 Å². The van der Waals surface area contributed by atoms with Crippen LogP contribution in [0.25, 0.3) is 0 Å². The molecule has 4 rings (SSSR count). The van der Waals surface area contributed by atoms with E-state index in [9.17, 15) is 9.59 Å². The van der Waals surface area contributed by atoms with Crippen molar-refractivity contribution in [1.29, 1.82) is 0 Å². The number of rotatable bonds is 6. The molecule has 1 aliphatic carbocycles. The highest BCUT2D eigenvalue weighted by molar-refractivity contribution is 6.37. The van der Waals surface area contributed by atoms with Gasteiger partial charge in [0.1, 0.15) is 0 Å². The third-order valence-corrected chi connectivity index (χ3v) is 5.97. The topological polar surface area (TPSA) is 70.6 Å². The van der Waals surface area contributed by atoms with E-state index in [2.05, 4.69) is 15.8 Å². The van der Waals surface area contributed by atoms with E-state index < -0.39 is 0 Å². The van der Waals surface area contributed by atoms with Gasteiger partial charge in [0, 0.05) is 16.6 Å². The Morgan fingerprint density at radius 1 is 0.969 bits per heavy atom. The third kappa shape index (κ3) is 5.18. The highest BCUT2D eigenvalue weighted by atomic mass is 35.5. The van der Waals surface area contributed by atoms with E-state index in [-0.39, 0.29) is 28.7 Å². The fourth-order valence-electron chi connectivity index (χ4n) is 3.51. The van der Waals surface area contributed by atoms with Gasteiger partial charge in [-0.15, -0.1) is 0 Å². The van der Waals surface area contributed by atoms with Crippen LogP contribution in [0.1, 0.15) is 40.7 Å². The number of hydrogen-bond donors (Lipinski definition) is 2. The van der Waals surface area contributed by atoms with Crippen molar-refractivity contribution < 1.29 is 9.59 Å². The van der Waals surface area contributed by atoms with Crippen LogP contribution in [0.4, 0.5) is 5.69 Å². The van der Waals surface area contributed by atoms with Crippen molar-refractivity contribution in [2.75, 3.05) is 5.32 Å². The van der Waals surface area contributed by atoms with Crippen LogP contribution >= 0.6 is 23.2 Å². The van der Waals surface area contributed by atoms with Gasteiger partial charge in [-0.2, -0.15) is 5.10 Å². The number of hydrazone groups is 1. The van der Waals surface area contributed by atoms with Crippen molar-refractivity contribution in [3.8, 4) is 0 Å². The number of anilines is 1. The summed E-state index contributed by atoms with van der Waals surface area (Å²) in [4.78, 5) is 24.8. The molecule has 2 unspecified atom stereocenters. The number of amides is 2. The number of hydrogen-bond acceptors (Lipinski definition) is 3. The summed E-state index contributed by atoms with van der Waals surface area (Å²) in [6.45, 7) is 1.82. The SMILES string of the molecule is CC(=NNC(=O)C1CC1c1ccccc1)c1ccc(NC(=O)c2ccc(Cl)cc2Cl)cc1. The predicted molar refractivity (Wildman–Crippen MR) is 129 cm³/mol. The molecule has 162 valence electrons. The number of nitrogens with zero attached hydrogens (tertiary/aromatic N) is 1. The van der Waals surface area contributed by atoms with Crippen molar-refractivity contribution in [1.82, 2.24) is 5.43 Å². The lowest BCUT2D eigenvalue weighted by Crippen LogP contribution is -2.21. The molecule has 0 aromatic heterocycles. The van der Waals surface area contributed by atoms with E-state index in [0.29, 0.717) is 22.0 Å². The number of benzene rings is 3. The molecule has 0 saturated heterocycles. The molecule has 0 spiro atoms. The number of carbonyl (C=O) groups is 2. The van der Waals surface area contributed by atoms with E-state index >= 15 is 0 Å². The lowest BCUT2D eigenvalue weighted by molar-refractivity contribution is -0.122. The second-order valence-corrected chi connectivity index (χ2v) is 8.53. The van der Waals surface area contributed by atoms with Gasteiger partial charge in [0.2, 0.25) is 5.91 Å². The lowest BCUT2D eigenvalue weighted by Gasteiger charge is -2.08. The molecular formula is C25H21Cl2N3O2. The minimum atomic E-state index is -0.325. The molecule has 2 amide bonds. The number of carbonyl (C=O) groups excluding carboxylic acids is 2. The summed E-state index contributed by atoms with van der Waals surface area (Å²) in [5, 5.41) is 7.80. The van der Waals surface area contributed by atoms with Crippen molar-refractivity contribution >= 4 is 46.4 Å². The van der Waals surface area contributed by atoms with Crippen LogP contribution in [0.15, 0.2) is 77.9 Å². The van der Waals surface area contributed by atoms with Gasteiger partial charge in [-0.3, -0.25) is 9.59 Å². The Morgan fingerprint density at radius 2 is 1.69 bits per heavy atom. The van der Waals surface area contributed by atoms with E-state index in [0.717, 1.165) is 12.0 Å². The maximum absolute atomic E-state index is 12.4. The quantitative estimate of drug-likeness (QED) is 0.351. The Balaban J connectivity index is 1.33. The zero-order valence-corrected chi connectivity index (χ0v) is 18.8. The maximum Gasteiger partial charge on any atom is 0.257 e. The van der Waals surface area contributed by atoms with Crippen molar-refractivity contribution in [2.45, 2.75) is 19.3 Å². The fraction of sp³-hybridized carbons (Fsp3) is 0.160. The summed E-state index contributed by atoms with van der Waals surface area (Å²) >= 11 is 12.0. The van der Waals surface area contributed by atoms with Gasteiger partial charge in [-0.05, 0) is 60.7 Å². The van der Waals surface area contributed by atoms with E-state index in [1.807, 2.05) is 49.4 Å². The van der Waals surface area contributed by atoms with E-state index in [1.165, 1.54) is 11.6 Å². The number of nitrogens with one attached hydrogen (secondary N) is 2. The molecule has 3 aromatic rings. The minimum Gasteiger partial charge on any atom is -0.322 e. The van der Waals surface area contributed by atoms with Crippen LogP contribution in [-0.2, 0) is 4.79 Å². The Hall–Kier alpha value is -3.15. The molecule has 1 aliphatic rings. The molecule has 2 atom stereocenters. The molecule has 0 radical (unpaired) electrons. The lowest BCUT2D eigenvalue weighted by atomic mass is 10.1. The molecule has 0 aliphatic heterocycles. The summed E-state index contributed by atoms with van der Waals surface area (Å²) in [6, 6.07) is 22.0. The molecule has 7 heteroatoms. The maximum atomic E-state index is 12.4. The normalized spacial score (nSPS) is 17.5. The molecule has 1 saturated carbocycles. The zero-order valence-electron chi connectivity index (χ0n) is 17.3. The second-order valence-electron chi connectivity index (χ2n) is 7.69. The first-order chi connectivity index (χ1) is 15.4. The summed E-state index contributed by atoms with van der Waals surface area (Å²) in [7, 11) is 0. The first kappa shape index (κ1) is 22.1. The van der Waals surface area contributed by atoms with Gasteiger partial charge in [0.05, 0.1) is 16.3 Å². The molecular weight excluding hydrogens is 445 g/mol. The van der Waals surface area contributed by atoms with Crippen molar-refractivity contribution in [3.05, 3.63) is 99.5 Å². The highest BCUT2D eigenvalue weighted by Gasteiger charge is 2.43. The second kappa shape index (κ2) is 9.55. The van der Waals surface area contributed by atoms with Crippen LogP contribution in [0, 0.1) is 5.92 Å². The van der Waals surface area contributed by atoms with Crippen LogP contribution in [-0.4, -0.2) is 17.5 Å². The average Bonchev–Trinajstić information content (AvgIpc) is 3.59. The fourth-order valence-corrected chi connectivity index (χ4v) is 4.00. The molecule has 5 nitrogen and oxygen atoms in total. The average molecular weight is 466 g/mol. The summed E-state index contributed by atoms with van der Waals surface area (Å²) in [6.07, 6.45) is 0.844. The zero-order chi connectivity index (χ0) is 22.7. The first-order valence-corrected chi connectivity index (χ1v) is 10.9. The Morgan fingerprint density at radius 3 is 2.38 bits per heavy atom. The van der Waals surface area contributed by atoms with Gasteiger partial charge < -0.3 is 5.32 Å². The molecule has 32 heavy (non-hydrogen) atoms. The minimum absolute atomic E-state index is 0.0359. The Bertz CT molecular complexity index is 1180. The smallest absolute Gasteiger partial charge is 0.257 e. The summed E-state index contributed by atoms with van der Waals surface area (Å²) in [5.74, 6) is -0.161. The molecule has 2 N–H and O–H groups in total. The van der Waals surface area contributed by atoms with E-state index in [1.54, 1.807) is 24.3 Å². The van der Waals surface area contributed by atoms with Crippen LogP contribution in [0.3, 0.4) is 0 Å². The molecule has 3 aromatic carbocycles. The highest BCUT2D eigenvalue weighted by Crippen LogP contribution is 2.47. The van der Waals surface area contributed by atoms with Gasteiger partial charge >= 0.3 is 0 Å². The monoisotopic (exact) mass is 465 g/mol.